The van der Waals surface area contributed by atoms with Crippen LogP contribution in [-0.4, -0.2) is 28.6 Å². The van der Waals surface area contributed by atoms with E-state index >= 15 is 0 Å². The third-order valence-electron chi connectivity index (χ3n) is 5.50. The number of aromatic nitrogens is 1. The van der Waals surface area contributed by atoms with Gasteiger partial charge in [-0.05, 0) is 70.0 Å². The third kappa shape index (κ3) is 2.84. The van der Waals surface area contributed by atoms with Crippen LogP contribution in [0.15, 0.2) is 46.3 Å². The highest BCUT2D eigenvalue weighted by Gasteiger charge is 2.41. The number of hydrogen-bond acceptors (Lipinski definition) is 2. The van der Waals surface area contributed by atoms with Gasteiger partial charge in [-0.1, -0.05) is 41.1 Å². The highest BCUT2D eigenvalue weighted by molar-refractivity contribution is 7.99. The molecule has 0 amide bonds. The number of rotatable bonds is 3. The van der Waals surface area contributed by atoms with Crippen molar-refractivity contribution in [2.75, 3.05) is 13.1 Å². The normalized spacial score (nSPS) is 29.9. The molecule has 4 heterocycles. The molecule has 2 bridgehead atoms. The van der Waals surface area contributed by atoms with E-state index in [0.29, 0.717) is 12.1 Å². The number of hydrogen-bond donors (Lipinski definition) is 0. The van der Waals surface area contributed by atoms with Crippen molar-refractivity contribution in [3.05, 3.63) is 47.1 Å². The molecule has 3 aliphatic rings. The summed E-state index contributed by atoms with van der Waals surface area (Å²) in [4.78, 5) is 3.90. The molecule has 2 atom stereocenters. The predicted molar refractivity (Wildman–Crippen MR) is 97.5 cm³/mol. The molecule has 0 unspecified atom stereocenters. The van der Waals surface area contributed by atoms with Gasteiger partial charge in [0, 0.05) is 10.9 Å². The lowest BCUT2D eigenvalue weighted by atomic mass is 9.79. The lowest BCUT2D eigenvalue weighted by Crippen LogP contribution is -2.54. The molecule has 0 spiro atoms. The minimum atomic E-state index is 0.507. The first-order valence-corrected chi connectivity index (χ1v) is 9.68. The molecule has 0 radical (unpaired) electrons. The van der Waals surface area contributed by atoms with E-state index in [1.165, 1.54) is 41.4 Å². The SMILES string of the molecule is Cc1ccc(Sc2ccc(Cl)n2[C@@H]2C3CCN(CC3)[C@H]2C)cc1. The van der Waals surface area contributed by atoms with Gasteiger partial charge in [0.25, 0.3) is 0 Å². The van der Waals surface area contributed by atoms with Crippen LogP contribution in [0.2, 0.25) is 5.15 Å². The Labute approximate surface area is 147 Å². The summed E-state index contributed by atoms with van der Waals surface area (Å²) in [7, 11) is 0. The Balaban J connectivity index is 1.66. The molecule has 0 saturated carbocycles. The molecule has 122 valence electrons. The zero-order valence-corrected chi connectivity index (χ0v) is 15.3. The third-order valence-corrected chi connectivity index (χ3v) is 6.86. The summed E-state index contributed by atoms with van der Waals surface area (Å²) in [5, 5.41) is 2.15. The molecular weight excluding hydrogens is 324 g/mol. The maximum Gasteiger partial charge on any atom is 0.110 e. The van der Waals surface area contributed by atoms with E-state index in [1.54, 1.807) is 0 Å². The summed E-state index contributed by atoms with van der Waals surface area (Å²) in [5.74, 6) is 0.761. The topological polar surface area (TPSA) is 8.17 Å². The number of nitrogens with zero attached hydrogens (tertiary/aromatic N) is 2. The quantitative estimate of drug-likeness (QED) is 0.749. The van der Waals surface area contributed by atoms with E-state index in [1.807, 2.05) is 11.8 Å². The Bertz CT molecular complexity index is 684. The van der Waals surface area contributed by atoms with Crippen molar-refractivity contribution in [3.8, 4) is 0 Å². The Morgan fingerprint density at radius 3 is 2.39 bits per heavy atom. The summed E-state index contributed by atoms with van der Waals surface area (Å²) in [6.45, 7) is 7.00. The maximum absolute atomic E-state index is 6.60. The molecule has 5 rings (SSSR count). The largest absolute Gasteiger partial charge is 0.322 e. The van der Waals surface area contributed by atoms with Crippen LogP contribution in [0.25, 0.3) is 0 Å². The minimum absolute atomic E-state index is 0.507. The van der Waals surface area contributed by atoms with Crippen molar-refractivity contribution in [2.24, 2.45) is 5.92 Å². The van der Waals surface area contributed by atoms with Gasteiger partial charge < -0.3 is 4.57 Å². The zero-order valence-electron chi connectivity index (χ0n) is 13.7. The van der Waals surface area contributed by atoms with Crippen LogP contribution in [0.1, 0.15) is 31.4 Å². The van der Waals surface area contributed by atoms with Crippen LogP contribution in [0.4, 0.5) is 0 Å². The fraction of sp³-hybridized carbons (Fsp3) is 0.474. The van der Waals surface area contributed by atoms with Gasteiger partial charge >= 0.3 is 0 Å². The number of benzene rings is 1. The lowest BCUT2D eigenvalue weighted by molar-refractivity contribution is 0.00321. The van der Waals surface area contributed by atoms with E-state index in [0.717, 1.165) is 11.1 Å². The van der Waals surface area contributed by atoms with Crippen molar-refractivity contribution in [1.82, 2.24) is 9.47 Å². The van der Waals surface area contributed by atoms with Crippen molar-refractivity contribution < 1.29 is 0 Å². The predicted octanol–water partition coefficient (Wildman–Crippen LogP) is 5.26. The molecule has 0 N–H and O–H groups in total. The van der Waals surface area contributed by atoms with E-state index in [4.69, 9.17) is 11.6 Å². The highest BCUT2D eigenvalue weighted by Crippen LogP contribution is 2.44. The molecule has 1 aromatic heterocycles. The van der Waals surface area contributed by atoms with E-state index in [-0.39, 0.29) is 0 Å². The lowest BCUT2D eigenvalue weighted by Gasteiger charge is -2.50. The molecule has 2 aromatic rings. The Hall–Kier alpha value is -0.900. The smallest absolute Gasteiger partial charge is 0.110 e. The van der Waals surface area contributed by atoms with Crippen LogP contribution in [-0.2, 0) is 0 Å². The van der Waals surface area contributed by atoms with Crippen molar-refractivity contribution in [3.63, 3.8) is 0 Å². The van der Waals surface area contributed by atoms with Gasteiger partial charge in [0.2, 0.25) is 0 Å². The van der Waals surface area contributed by atoms with Crippen molar-refractivity contribution in [1.29, 1.82) is 0 Å². The second kappa shape index (κ2) is 6.19. The molecule has 3 saturated heterocycles. The molecule has 3 aliphatic heterocycles. The van der Waals surface area contributed by atoms with Crippen molar-refractivity contribution >= 4 is 23.4 Å². The van der Waals surface area contributed by atoms with Crippen LogP contribution >= 0.6 is 23.4 Å². The summed E-state index contributed by atoms with van der Waals surface area (Å²) in [6.07, 6.45) is 2.61. The summed E-state index contributed by atoms with van der Waals surface area (Å²) >= 11 is 8.43. The van der Waals surface area contributed by atoms with E-state index in [9.17, 15) is 0 Å². The van der Waals surface area contributed by atoms with Crippen LogP contribution in [0.3, 0.4) is 0 Å². The molecule has 23 heavy (non-hydrogen) atoms. The highest BCUT2D eigenvalue weighted by atomic mass is 35.5. The fourth-order valence-electron chi connectivity index (χ4n) is 4.21. The van der Waals surface area contributed by atoms with E-state index < -0.39 is 0 Å². The summed E-state index contributed by atoms with van der Waals surface area (Å²) < 4.78 is 2.40. The average Bonchev–Trinajstić information content (AvgIpc) is 2.91. The second-order valence-corrected chi connectivity index (χ2v) is 8.37. The Kier molecular flexibility index (Phi) is 4.21. The van der Waals surface area contributed by atoms with E-state index in [2.05, 4.69) is 59.7 Å². The molecule has 0 aliphatic carbocycles. The van der Waals surface area contributed by atoms with Gasteiger partial charge in [0.05, 0.1) is 11.1 Å². The minimum Gasteiger partial charge on any atom is -0.322 e. The van der Waals surface area contributed by atoms with Crippen molar-refractivity contribution in [2.45, 2.75) is 48.7 Å². The van der Waals surface area contributed by atoms with Gasteiger partial charge in [-0.3, -0.25) is 4.90 Å². The van der Waals surface area contributed by atoms with Crippen LogP contribution in [0.5, 0.6) is 0 Å². The number of halogens is 1. The first-order chi connectivity index (χ1) is 11.1. The van der Waals surface area contributed by atoms with Crippen LogP contribution < -0.4 is 0 Å². The Morgan fingerprint density at radius 2 is 1.74 bits per heavy atom. The van der Waals surface area contributed by atoms with Gasteiger partial charge in [0.15, 0.2) is 0 Å². The molecule has 3 fully saturated rings. The van der Waals surface area contributed by atoms with Gasteiger partial charge in [0.1, 0.15) is 5.15 Å². The number of piperidine rings is 3. The fourth-order valence-corrected chi connectivity index (χ4v) is 5.50. The second-order valence-electron chi connectivity index (χ2n) is 6.88. The first kappa shape index (κ1) is 15.6. The molecule has 4 heteroatoms. The molecular formula is C19H23ClN2S. The first-order valence-electron chi connectivity index (χ1n) is 8.49. The van der Waals surface area contributed by atoms with Gasteiger partial charge in [-0.2, -0.15) is 0 Å². The summed E-state index contributed by atoms with van der Waals surface area (Å²) in [6, 6.07) is 14.1. The summed E-state index contributed by atoms with van der Waals surface area (Å²) in [5.41, 5.74) is 1.30. The number of fused-ring (bicyclic) bond motifs is 3. The van der Waals surface area contributed by atoms with Gasteiger partial charge in [-0.15, -0.1) is 0 Å². The molecule has 2 nitrogen and oxygen atoms in total. The zero-order chi connectivity index (χ0) is 16.0. The van der Waals surface area contributed by atoms with Crippen LogP contribution in [0, 0.1) is 12.8 Å². The monoisotopic (exact) mass is 346 g/mol. The van der Waals surface area contributed by atoms with Gasteiger partial charge in [-0.25, -0.2) is 0 Å². The number of aryl methyl sites for hydroxylation is 1. The maximum atomic E-state index is 6.60. The average molecular weight is 347 g/mol. The molecule has 1 aromatic carbocycles. The Morgan fingerprint density at radius 1 is 1.04 bits per heavy atom. The standard InChI is InChI=1S/C19H23ClN2S/c1-13-3-5-16(6-4-13)23-18-8-7-17(20)22(18)19-14(2)21-11-9-15(19)10-12-21/h3-8,14-15,19H,9-12H2,1-2H3/t14-,19-/m0/s1.